The van der Waals surface area contributed by atoms with E-state index in [-0.39, 0.29) is 12.3 Å². The molecule has 0 bridgehead atoms. The summed E-state index contributed by atoms with van der Waals surface area (Å²) < 4.78 is 4.66. The monoisotopic (exact) mass is 300 g/mol. The number of esters is 1. The summed E-state index contributed by atoms with van der Waals surface area (Å²) in [6, 6.07) is -1.28. The molecule has 1 fully saturated rings. The standard InChI is InChI=1S/C14H24N2O5/c1-9(2)11(12(19)21-3)15-13(20)16-14(8-10(17)18)6-4-5-7-14/h9,11H,4-8H2,1-3H3,(H,17,18)(H2,15,16,20). The average molecular weight is 300 g/mol. The molecule has 1 aliphatic carbocycles. The molecule has 7 nitrogen and oxygen atoms in total. The van der Waals surface area contributed by atoms with Crippen LogP contribution in [0.3, 0.4) is 0 Å². The summed E-state index contributed by atoms with van der Waals surface area (Å²) in [5.41, 5.74) is -0.715. The second-order valence-electron chi connectivity index (χ2n) is 5.90. The van der Waals surface area contributed by atoms with Gasteiger partial charge >= 0.3 is 18.0 Å². The van der Waals surface area contributed by atoms with E-state index in [0.29, 0.717) is 12.8 Å². The van der Waals surface area contributed by atoms with Crippen molar-refractivity contribution in [3.63, 3.8) is 0 Å². The molecule has 0 heterocycles. The number of hydrogen-bond acceptors (Lipinski definition) is 4. The van der Waals surface area contributed by atoms with Gasteiger partial charge in [-0.3, -0.25) is 4.79 Å². The topological polar surface area (TPSA) is 105 Å². The van der Waals surface area contributed by atoms with Crippen molar-refractivity contribution in [3.8, 4) is 0 Å². The van der Waals surface area contributed by atoms with Crippen molar-refractivity contribution >= 4 is 18.0 Å². The minimum atomic E-state index is -0.939. The van der Waals surface area contributed by atoms with Gasteiger partial charge in [0, 0.05) is 0 Å². The Hall–Kier alpha value is -1.79. The lowest BCUT2D eigenvalue weighted by molar-refractivity contribution is -0.144. The zero-order valence-electron chi connectivity index (χ0n) is 12.8. The van der Waals surface area contributed by atoms with Crippen LogP contribution in [0.25, 0.3) is 0 Å². The summed E-state index contributed by atoms with van der Waals surface area (Å²) in [5, 5.41) is 14.3. The van der Waals surface area contributed by atoms with E-state index in [1.165, 1.54) is 7.11 Å². The van der Waals surface area contributed by atoms with Crippen LogP contribution < -0.4 is 10.6 Å². The van der Waals surface area contributed by atoms with Crippen LogP contribution in [0, 0.1) is 5.92 Å². The number of carbonyl (C=O) groups excluding carboxylic acids is 2. The van der Waals surface area contributed by atoms with Crippen molar-refractivity contribution in [2.75, 3.05) is 7.11 Å². The van der Waals surface area contributed by atoms with Gasteiger partial charge in [-0.2, -0.15) is 0 Å². The number of hydrogen-bond donors (Lipinski definition) is 3. The van der Waals surface area contributed by atoms with E-state index in [1.54, 1.807) is 13.8 Å². The van der Waals surface area contributed by atoms with E-state index in [4.69, 9.17) is 5.11 Å². The maximum Gasteiger partial charge on any atom is 0.328 e. The molecule has 2 amide bonds. The Morgan fingerprint density at radius 2 is 1.81 bits per heavy atom. The highest BCUT2D eigenvalue weighted by Gasteiger charge is 2.38. The Bertz CT molecular complexity index is 402. The molecule has 1 aliphatic rings. The van der Waals surface area contributed by atoms with Crippen LogP contribution in [0.4, 0.5) is 4.79 Å². The minimum absolute atomic E-state index is 0.106. The lowest BCUT2D eigenvalue weighted by atomic mass is 9.93. The van der Waals surface area contributed by atoms with Crippen molar-refractivity contribution in [2.45, 2.75) is 57.5 Å². The fraction of sp³-hybridized carbons (Fsp3) is 0.786. The predicted molar refractivity (Wildman–Crippen MR) is 75.8 cm³/mol. The van der Waals surface area contributed by atoms with Crippen LogP contribution in [0.1, 0.15) is 46.0 Å². The third kappa shape index (κ3) is 4.91. The van der Waals surface area contributed by atoms with Gasteiger partial charge in [-0.1, -0.05) is 26.7 Å². The molecule has 3 N–H and O–H groups in total. The maximum absolute atomic E-state index is 12.1. The molecule has 0 spiro atoms. The minimum Gasteiger partial charge on any atom is -0.481 e. The lowest BCUT2D eigenvalue weighted by Crippen LogP contribution is -2.56. The molecular weight excluding hydrogens is 276 g/mol. The number of amides is 2. The lowest BCUT2D eigenvalue weighted by Gasteiger charge is -2.30. The summed E-state index contributed by atoms with van der Waals surface area (Å²) in [4.78, 5) is 34.7. The number of ether oxygens (including phenoxy) is 1. The van der Waals surface area contributed by atoms with Crippen LogP contribution in [0.5, 0.6) is 0 Å². The maximum atomic E-state index is 12.1. The molecule has 21 heavy (non-hydrogen) atoms. The van der Waals surface area contributed by atoms with Crippen LogP contribution in [-0.4, -0.2) is 41.8 Å². The Morgan fingerprint density at radius 1 is 1.24 bits per heavy atom. The fourth-order valence-electron chi connectivity index (χ4n) is 2.73. The second kappa shape index (κ2) is 7.28. The van der Waals surface area contributed by atoms with Crippen molar-refractivity contribution in [2.24, 2.45) is 5.92 Å². The van der Waals surface area contributed by atoms with E-state index < -0.39 is 29.6 Å². The fourth-order valence-corrected chi connectivity index (χ4v) is 2.73. The first kappa shape index (κ1) is 17.3. The highest BCUT2D eigenvalue weighted by Crippen LogP contribution is 2.32. The molecule has 7 heteroatoms. The summed E-state index contributed by atoms with van der Waals surface area (Å²) in [7, 11) is 1.26. The Kier molecular flexibility index (Phi) is 5.99. The summed E-state index contributed by atoms with van der Waals surface area (Å²) in [6.07, 6.45) is 2.94. The van der Waals surface area contributed by atoms with Gasteiger partial charge in [-0.25, -0.2) is 9.59 Å². The first-order chi connectivity index (χ1) is 9.79. The molecule has 1 unspecified atom stereocenters. The van der Waals surface area contributed by atoms with E-state index >= 15 is 0 Å². The molecule has 0 aliphatic heterocycles. The summed E-state index contributed by atoms with van der Waals surface area (Å²) >= 11 is 0. The molecule has 1 atom stereocenters. The number of methoxy groups -OCH3 is 1. The zero-order valence-corrected chi connectivity index (χ0v) is 12.8. The van der Waals surface area contributed by atoms with Gasteiger partial charge in [-0.05, 0) is 18.8 Å². The zero-order chi connectivity index (χ0) is 16.0. The van der Waals surface area contributed by atoms with Crippen LogP contribution in [0.15, 0.2) is 0 Å². The highest BCUT2D eigenvalue weighted by atomic mass is 16.5. The SMILES string of the molecule is COC(=O)C(NC(=O)NC1(CC(=O)O)CCCC1)C(C)C. The normalized spacial score (nSPS) is 18.1. The molecule has 0 aromatic carbocycles. The van der Waals surface area contributed by atoms with Gasteiger partial charge in [0.2, 0.25) is 0 Å². The van der Waals surface area contributed by atoms with Crippen molar-refractivity contribution in [1.82, 2.24) is 10.6 Å². The van der Waals surface area contributed by atoms with E-state index in [0.717, 1.165) is 12.8 Å². The molecular formula is C14H24N2O5. The molecule has 0 radical (unpaired) electrons. The van der Waals surface area contributed by atoms with Crippen molar-refractivity contribution < 1.29 is 24.2 Å². The van der Waals surface area contributed by atoms with Crippen LogP contribution >= 0.6 is 0 Å². The first-order valence-electron chi connectivity index (χ1n) is 7.18. The smallest absolute Gasteiger partial charge is 0.328 e. The second-order valence-corrected chi connectivity index (χ2v) is 5.90. The first-order valence-corrected chi connectivity index (χ1v) is 7.18. The van der Waals surface area contributed by atoms with Gasteiger partial charge in [-0.15, -0.1) is 0 Å². The third-order valence-corrected chi connectivity index (χ3v) is 3.84. The van der Waals surface area contributed by atoms with E-state index in [2.05, 4.69) is 15.4 Å². The average Bonchev–Trinajstić information content (AvgIpc) is 2.81. The van der Waals surface area contributed by atoms with Gasteiger partial charge in [0.1, 0.15) is 6.04 Å². The van der Waals surface area contributed by atoms with Gasteiger partial charge in [0.25, 0.3) is 0 Å². The number of carbonyl (C=O) groups is 3. The Labute approximate surface area is 124 Å². The largest absolute Gasteiger partial charge is 0.481 e. The Morgan fingerprint density at radius 3 is 2.24 bits per heavy atom. The number of carboxylic acids is 1. The van der Waals surface area contributed by atoms with E-state index in [9.17, 15) is 14.4 Å². The number of urea groups is 1. The number of rotatable bonds is 6. The molecule has 120 valence electrons. The van der Waals surface area contributed by atoms with Gasteiger partial charge in [0.05, 0.1) is 19.1 Å². The van der Waals surface area contributed by atoms with Crippen LogP contribution in [-0.2, 0) is 14.3 Å². The van der Waals surface area contributed by atoms with Gasteiger partial charge < -0.3 is 20.5 Å². The van der Waals surface area contributed by atoms with E-state index in [1.807, 2.05) is 0 Å². The highest BCUT2D eigenvalue weighted by molar-refractivity contribution is 5.84. The third-order valence-electron chi connectivity index (χ3n) is 3.84. The molecule has 0 saturated heterocycles. The van der Waals surface area contributed by atoms with Gasteiger partial charge in [0.15, 0.2) is 0 Å². The van der Waals surface area contributed by atoms with Crippen molar-refractivity contribution in [1.29, 1.82) is 0 Å². The summed E-state index contributed by atoms with van der Waals surface area (Å²) in [6.45, 7) is 3.59. The Balaban J connectivity index is 2.69. The number of aliphatic carboxylic acids is 1. The summed E-state index contributed by atoms with van der Waals surface area (Å²) in [5.74, 6) is -1.58. The number of carboxylic acid groups (broad SMARTS) is 1. The predicted octanol–water partition coefficient (Wildman–Crippen LogP) is 1.27. The van der Waals surface area contributed by atoms with Crippen molar-refractivity contribution in [3.05, 3.63) is 0 Å². The molecule has 1 rings (SSSR count). The molecule has 1 saturated carbocycles. The number of nitrogens with one attached hydrogen (secondary N) is 2. The quantitative estimate of drug-likeness (QED) is 0.641. The van der Waals surface area contributed by atoms with Crippen LogP contribution in [0.2, 0.25) is 0 Å². The molecule has 0 aromatic rings. The molecule has 0 aromatic heterocycles.